The van der Waals surface area contributed by atoms with Crippen LogP contribution in [0.2, 0.25) is 0 Å². The summed E-state index contributed by atoms with van der Waals surface area (Å²) in [6.07, 6.45) is 3.48. The van der Waals surface area contributed by atoms with Gasteiger partial charge in [-0.05, 0) is 62.5 Å². The minimum Gasteiger partial charge on any atom is -0.491 e. The summed E-state index contributed by atoms with van der Waals surface area (Å²) in [6.45, 7) is 10.9. The number of fused-ring (bicyclic) bond motifs is 2. The Hall–Kier alpha value is -3.36. The standard InChI is InChI=1S/C25H35N3O6/c1-16(2)11-18(26-23(29)34-25(3,4)5)15-32-19-7-8-20-21-13-28(27-24(30)31-6)10-9-17(21)14-33-22(20)12-19/h7-10,12,16,18H,11,13-15H2,1-6H3,(H,26,29)(H,27,30)/t18-/m0/s1. The molecule has 0 saturated carbocycles. The Bertz CT molecular complexity index is 964. The number of nitrogens with zero attached hydrogens (tertiary/aromatic N) is 1. The number of hydrogen-bond acceptors (Lipinski definition) is 7. The Kier molecular flexibility index (Phi) is 7.96. The molecular formula is C25H35N3O6. The van der Waals surface area contributed by atoms with Gasteiger partial charge in [0.05, 0.1) is 19.7 Å². The average Bonchev–Trinajstić information content (AvgIpc) is 2.75. The molecule has 2 N–H and O–H groups in total. The molecule has 9 heteroatoms. The first kappa shape index (κ1) is 25.3. The van der Waals surface area contributed by atoms with E-state index in [9.17, 15) is 9.59 Å². The fourth-order valence-electron chi connectivity index (χ4n) is 3.76. The van der Waals surface area contributed by atoms with E-state index in [0.29, 0.717) is 37.2 Å². The van der Waals surface area contributed by atoms with Crippen molar-refractivity contribution in [2.24, 2.45) is 5.92 Å². The molecule has 1 aromatic carbocycles. The Morgan fingerprint density at radius 3 is 2.65 bits per heavy atom. The van der Waals surface area contributed by atoms with Gasteiger partial charge in [0, 0.05) is 17.8 Å². The molecule has 2 aliphatic rings. The van der Waals surface area contributed by atoms with Crippen LogP contribution in [0.4, 0.5) is 9.59 Å². The van der Waals surface area contributed by atoms with Crippen LogP contribution in [-0.4, -0.2) is 55.7 Å². The molecule has 0 radical (unpaired) electrons. The number of ether oxygens (including phenoxy) is 4. The van der Waals surface area contributed by atoms with Crippen molar-refractivity contribution in [1.82, 2.24) is 15.8 Å². The summed E-state index contributed by atoms with van der Waals surface area (Å²) in [5.74, 6) is 1.74. The van der Waals surface area contributed by atoms with Gasteiger partial charge in [0.15, 0.2) is 0 Å². The van der Waals surface area contributed by atoms with Gasteiger partial charge in [-0.15, -0.1) is 0 Å². The van der Waals surface area contributed by atoms with E-state index in [1.54, 1.807) is 11.2 Å². The third-order valence-corrected chi connectivity index (χ3v) is 5.18. The highest BCUT2D eigenvalue weighted by Crippen LogP contribution is 2.37. The van der Waals surface area contributed by atoms with Crippen LogP contribution in [0.15, 0.2) is 36.0 Å². The van der Waals surface area contributed by atoms with Crippen molar-refractivity contribution in [3.8, 4) is 11.5 Å². The number of hydrogen-bond donors (Lipinski definition) is 2. The van der Waals surface area contributed by atoms with Crippen molar-refractivity contribution in [2.75, 3.05) is 26.9 Å². The van der Waals surface area contributed by atoms with E-state index in [1.165, 1.54) is 7.11 Å². The van der Waals surface area contributed by atoms with Gasteiger partial charge >= 0.3 is 12.2 Å². The molecule has 3 rings (SSSR count). The molecular weight excluding hydrogens is 438 g/mol. The van der Waals surface area contributed by atoms with Crippen LogP contribution >= 0.6 is 0 Å². The Balaban J connectivity index is 1.66. The zero-order chi connectivity index (χ0) is 24.9. The lowest BCUT2D eigenvalue weighted by molar-refractivity contribution is 0.0480. The number of carbonyl (C=O) groups is 2. The molecule has 0 spiro atoms. The lowest BCUT2D eigenvalue weighted by Gasteiger charge is -2.31. The van der Waals surface area contributed by atoms with Gasteiger partial charge in [0.2, 0.25) is 0 Å². The predicted molar refractivity (Wildman–Crippen MR) is 128 cm³/mol. The molecule has 0 unspecified atom stereocenters. The number of amides is 2. The first-order chi connectivity index (χ1) is 16.0. The maximum atomic E-state index is 12.2. The molecule has 0 bridgehead atoms. The Labute approximate surface area is 201 Å². The first-order valence-corrected chi connectivity index (χ1v) is 11.4. The van der Waals surface area contributed by atoms with E-state index in [0.717, 1.165) is 23.1 Å². The normalized spacial score (nSPS) is 15.7. The highest BCUT2D eigenvalue weighted by atomic mass is 16.6. The molecule has 0 fully saturated rings. The second-order valence-electron chi connectivity index (χ2n) is 9.78. The van der Waals surface area contributed by atoms with Crippen LogP contribution in [0.25, 0.3) is 5.57 Å². The monoisotopic (exact) mass is 473 g/mol. The van der Waals surface area contributed by atoms with Gasteiger partial charge in [-0.2, -0.15) is 0 Å². The third-order valence-electron chi connectivity index (χ3n) is 5.18. The van der Waals surface area contributed by atoms with Crippen LogP contribution in [0.5, 0.6) is 11.5 Å². The molecule has 34 heavy (non-hydrogen) atoms. The zero-order valence-electron chi connectivity index (χ0n) is 20.8. The number of methoxy groups -OCH3 is 1. The second kappa shape index (κ2) is 10.7. The average molecular weight is 474 g/mol. The molecule has 2 amide bonds. The summed E-state index contributed by atoms with van der Waals surface area (Å²) in [7, 11) is 1.33. The number of benzene rings is 1. The molecule has 186 valence electrons. The van der Waals surface area contributed by atoms with Crippen LogP contribution in [0.1, 0.15) is 46.6 Å². The second-order valence-corrected chi connectivity index (χ2v) is 9.78. The largest absolute Gasteiger partial charge is 0.491 e. The molecule has 2 aliphatic heterocycles. The highest BCUT2D eigenvalue weighted by molar-refractivity contribution is 5.79. The Morgan fingerprint density at radius 2 is 1.97 bits per heavy atom. The molecule has 0 aliphatic carbocycles. The number of rotatable bonds is 7. The molecule has 1 aromatic rings. The Morgan fingerprint density at radius 1 is 1.21 bits per heavy atom. The van der Waals surface area contributed by atoms with Gasteiger partial charge < -0.3 is 24.3 Å². The summed E-state index contributed by atoms with van der Waals surface area (Å²) in [4.78, 5) is 23.8. The van der Waals surface area contributed by atoms with Crippen LogP contribution in [0, 0.1) is 5.92 Å². The quantitative estimate of drug-likeness (QED) is 0.611. The predicted octanol–water partition coefficient (Wildman–Crippen LogP) is 4.25. The van der Waals surface area contributed by atoms with Gasteiger partial charge in [-0.3, -0.25) is 5.01 Å². The van der Waals surface area contributed by atoms with Gasteiger partial charge in [0.25, 0.3) is 0 Å². The van der Waals surface area contributed by atoms with E-state index >= 15 is 0 Å². The van der Waals surface area contributed by atoms with E-state index in [4.69, 9.17) is 14.2 Å². The minimum absolute atomic E-state index is 0.192. The summed E-state index contributed by atoms with van der Waals surface area (Å²) >= 11 is 0. The smallest absolute Gasteiger partial charge is 0.425 e. The summed E-state index contributed by atoms with van der Waals surface area (Å²) in [5, 5.41) is 4.59. The maximum absolute atomic E-state index is 12.2. The van der Waals surface area contributed by atoms with E-state index in [-0.39, 0.29) is 6.04 Å². The van der Waals surface area contributed by atoms with Crippen molar-refractivity contribution in [3.63, 3.8) is 0 Å². The summed E-state index contributed by atoms with van der Waals surface area (Å²) in [6, 6.07) is 5.50. The maximum Gasteiger partial charge on any atom is 0.425 e. The van der Waals surface area contributed by atoms with Crippen LogP contribution < -0.4 is 20.2 Å². The first-order valence-electron chi connectivity index (χ1n) is 11.4. The summed E-state index contributed by atoms with van der Waals surface area (Å²) in [5.41, 5.74) is 5.17. The SMILES string of the molecule is COC(=O)NN1C=CC2=C(C1)c1ccc(OC[C@H](CC(C)C)NC(=O)OC(C)(C)C)cc1OC2. The van der Waals surface area contributed by atoms with Gasteiger partial charge in [-0.1, -0.05) is 13.8 Å². The van der Waals surface area contributed by atoms with Gasteiger partial charge in [0.1, 0.15) is 30.3 Å². The van der Waals surface area contributed by atoms with Crippen molar-refractivity contribution in [3.05, 3.63) is 41.6 Å². The van der Waals surface area contributed by atoms with Crippen molar-refractivity contribution >= 4 is 17.8 Å². The van der Waals surface area contributed by atoms with Crippen molar-refractivity contribution in [2.45, 2.75) is 52.7 Å². The molecule has 9 nitrogen and oxygen atoms in total. The zero-order valence-corrected chi connectivity index (χ0v) is 20.8. The van der Waals surface area contributed by atoms with E-state index in [2.05, 4.69) is 29.3 Å². The molecule has 1 atom stereocenters. The number of carbonyl (C=O) groups excluding carboxylic acids is 2. The minimum atomic E-state index is -0.563. The third kappa shape index (κ3) is 7.07. The molecule has 2 heterocycles. The van der Waals surface area contributed by atoms with Crippen LogP contribution in [-0.2, 0) is 9.47 Å². The highest BCUT2D eigenvalue weighted by Gasteiger charge is 2.25. The fourth-order valence-corrected chi connectivity index (χ4v) is 3.76. The summed E-state index contributed by atoms with van der Waals surface area (Å²) < 4.78 is 22.0. The number of alkyl carbamates (subject to hydrolysis) is 1. The van der Waals surface area contributed by atoms with Crippen molar-refractivity contribution in [1.29, 1.82) is 0 Å². The van der Waals surface area contributed by atoms with Gasteiger partial charge in [-0.25, -0.2) is 15.0 Å². The van der Waals surface area contributed by atoms with E-state index in [1.807, 2.05) is 45.0 Å². The van der Waals surface area contributed by atoms with E-state index < -0.39 is 17.8 Å². The molecule has 0 aromatic heterocycles. The van der Waals surface area contributed by atoms with Crippen molar-refractivity contribution < 1.29 is 28.5 Å². The lowest BCUT2D eigenvalue weighted by Crippen LogP contribution is -2.42. The molecule has 0 saturated heterocycles. The lowest BCUT2D eigenvalue weighted by atomic mass is 9.95. The number of hydrazine groups is 1. The number of nitrogens with one attached hydrogen (secondary N) is 2. The topological polar surface area (TPSA) is 98.4 Å². The fraction of sp³-hybridized carbons (Fsp3) is 0.520. The van der Waals surface area contributed by atoms with Crippen LogP contribution in [0.3, 0.4) is 0 Å².